The minimum atomic E-state index is 0.0495. The lowest BCUT2D eigenvalue weighted by atomic mass is 9.84. The largest absolute Gasteiger partial charge is 0.389 e. The van der Waals surface area contributed by atoms with Crippen LogP contribution in [-0.2, 0) is 4.84 Å². The fourth-order valence-corrected chi connectivity index (χ4v) is 2.75. The second-order valence-electron chi connectivity index (χ2n) is 6.71. The lowest BCUT2D eigenvalue weighted by molar-refractivity contribution is -0.0618. The van der Waals surface area contributed by atoms with E-state index in [2.05, 4.69) is 37.8 Å². The van der Waals surface area contributed by atoms with Crippen LogP contribution in [0.1, 0.15) is 53.4 Å². The van der Waals surface area contributed by atoms with E-state index < -0.39 is 0 Å². The number of hydrogen-bond donors (Lipinski definition) is 0. The molecule has 0 unspecified atom stereocenters. The molecular weight excluding hydrogens is 224 g/mol. The molecule has 1 saturated heterocycles. The van der Waals surface area contributed by atoms with Gasteiger partial charge in [0.15, 0.2) is 0 Å². The van der Waals surface area contributed by atoms with E-state index in [9.17, 15) is 0 Å². The second kappa shape index (κ2) is 5.60. The third-order valence-electron chi connectivity index (χ3n) is 4.32. The van der Waals surface area contributed by atoms with Crippen LogP contribution in [0.3, 0.4) is 0 Å². The summed E-state index contributed by atoms with van der Waals surface area (Å²) in [5.74, 6) is 1.34. The Morgan fingerprint density at radius 1 is 1.22 bits per heavy atom. The van der Waals surface area contributed by atoms with Gasteiger partial charge in [-0.05, 0) is 24.8 Å². The molecule has 104 valence electrons. The van der Waals surface area contributed by atoms with E-state index in [0.717, 1.165) is 25.2 Å². The van der Waals surface area contributed by atoms with E-state index >= 15 is 0 Å². The minimum absolute atomic E-state index is 0.0495. The highest BCUT2D eigenvalue weighted by Crippen LogP contribution is 2.36. The smallest absolute Gasteiger partial charge is 0.145 e. The van der Waals surface area contributed by atoms with Crippen molar-refractivity contribution in [3.05, 3.63) is 0 Å². The Kier molecular flexibility index (Phi) is 4.31. The molecule has 0 saturated carbocycles. The van der Waals surface area contributed by atoms with Gasteiger partial charge in [-0.2, -0.15) is 0 Å². The van der Waals surface area contributed by atoms with Crippen LogP contribution in [-0.4, -0.2) is 35.8 Å². The summed E-state index contributed by atoms with van der Waals surface area (Å²) in [7, 11) is 0. The van der Waals surface area contributed by atoms with Crippen LogP contribution < -0.4 is 0 Å². The summed E-state index contributed by atoms with van der Waals surface area (Å²) < 4.78 is 0. The molecule has 2 aliphatic heterocycles. The normalized spacial score (nSPS) is 23.8. The van der Waals surface area contributed by atoms with E-state index in [-0.39, 0.29) is 5.60 Å². The Morgan fingerprint density at radius 2 is 1.89 bits per heavy atom. The van der Waals surface area contributed by atoms with Crippen molar-refractivity contribution < 1.29 is 4.84 Å². The Morgan fingerprint density at radius 3 is 2.39 bits per heavy atom. The molecule has 0 radical (unpaired) electrons. The molecule has 0 aromatic heterocycles. The zero-order valence-corrected chi connectivity index (χ0v) is 12.4. The van der Waals surface area contributed by atoms with Gasteiger partial charge in [-0.15, -0.1) is 0 Å². The van der Waals surface area contributed by atoms with Crippen LogP contribution in [0, 0.1) is 11.8 Å². The van der Waals surface area contributed by atoms with Gasteiger partial charge in [0.2, 0.25) is 0 Å². The second-order valence-corrected chi connectivity index (χ2v) is 6.71. The van der Waals surface area contributed by atoms with Gasteiger partial charge in [0.05, 0.1) is 5.71 Å². The quantitative estimate of drug-likeness (QED) is 0.767. The third-order valence-corrected chi connectivity index (χ3v) is 4.32. The molecule has 1 fully saturated rings. The van der Waals surface area contributed by atoms with Crippen molar-refractivity contribution in [1.29, 1.82) is 0 Å². The summed E-state index contributed by atoms with van der Waals surface area (Å²) in [5, 5.41) is 4.31. The van der Waals surface area contributed by atoms with Gasteiger partial charge in [0.1, 0.15) is 5.60 Å². The molecule has 3 heteroatoms. The number of piperidine rings is 1. The first kappa shape index (κ1) is 13.9. The topological polar surface area (TPSA) is 24.8 Å². The molecule has 18 heavy (non-hydrogen) atoms. The van der Waals surface area contributed by atoms with Gasteiger partial charge < -0.3 is 9.74 Å². The van der Waals surface area contributed by atoms with E-state index in [4.69, 9.17) is 4.84 Å². The number of hydrogen-bond acceptors (Lipinski definition) is 3. The highest BCUT2D eigenvalue weighted by atomic mass is 16.7. The predicted molar refractivity (Wildman–Crippen MR) is 75.8 cm³/mol. The number of likely N-dealkylation sites (tertiary alicyclic amines) is 1. The molecule has 2 aliphatic rings. The van der Waals surface area contributed by atoms with Crippen LogP contribution >= 0.6 is 0 Å². The Labute approximate surface area is 112 Å². The maximum Gasteiger partial charge on any atom is 0.145 e. The first-order valence-corrected chi connectivity index (χ1v) is 7.48. The first-order chi connectivity index (χ1) is 8.51. The molecule has 0 aliphatic carbocycles. The van der Waals surface area contributed by atoms with Crippen molar-refractivity contribution in [3.63, 3.8) is 0 Å². The molecule has 1 spiro atoms. The van der Waals surface area contributed by atoms with E-state index in [1.54, 1.807) is 0 Å². The highest BCUT2D eigenvalue weighted by Gasteiger charge is 2.42. The number of nitrogens with zero attached hydrogens (tertiary/aromatic N) is 2. The summed E-state index contributed by atoms with van der Waals surface area (Å²) in [6, 6.07) is 0. The summed E-state index contributed by atoms with van der Waals surface area (Å²) in [5.41, 5.74) is 1.30. The molecule has 3 nitrogen and oxygen atoms in total. The van der Waals surface area contributed by atoms with Crippen molar-refractivity contribution >= 4 is 5.71 Å². The average Bonchev–Trinajstić information content (AvgIpc) is 2.73. The third kappa shape index (κ3) is 3.25. The fraction of sp³-hybridized carbons (Fsp3) is 0.933. The monoisotopic (exact) mass is 252 g/mol. The van der Waals surface area contributed by atoms with E-state index in [1.807, 2.05) is 0 Å². The highest BCUT2D eigenvalue weighted by molar-refractivity contribution is 5.87. The standard InChI is InChI=1S/C15H28N2O/c1-12(2)5-8-17-9-6-15(7-10-17)11-14(13(3)4)16-18-15/h12-13H,5-11H2,1-4H3. The van der Waals surface area contributed by atoms with Crippen molar-refractivity contribution in [2.24, 2.45) is 17.0 Å². The number of rotatable bonds is 4. The van der Waals surface area contributed by atoms with Gasteiger partial charge in [-0.3, -0.25) is 0 Å². The van der Waals surface area contributed by atoms with Crippen LogP contribution in [0.25, 0.3) is 0 Å². The van der Waals surface area contributed by atoms with Crippen molar-refractivity contribution in [2.45, 2.75) is 59.0 Å². The Bertz CT molecular complexity index is 302. The van der Waals surface area contributed by atoms with Crippen molar-refractivity contribution in [3.8, 4) is 0 Å². The maximum absolute atomic E-state index is 5.79. The SMILES string of the molecule is CC(C)CCN1CCC2(CC1)CC(C(C)C)=NO2. The van der Waals surface area contributed by atoms with E-state index in [1.165, 1.54) is 31.8 Å². The van der Waals surface area contributed by atoms with E-state index in [0.29, 0.717) is 5.92 Å². The fourth-order valence-electron chi connectivity index (χ4n) is 2.75. The molecule has 0 bridgehead atoms. The average molecular weight is 252 g/mol. The van der Waals surface area contributed by atoms with Crippen molar-refractivity contribution in [1.82, 2.24) is 4.90 Å². The van der Waals surface area contributed by atoms with Crippen LogP contribution in [0.5, 0.6) is 0 Å². The molecule has 0 amide bonds. The molecule has 0 aromatic rings. The van der Waals surface area contributed by atoms with Gasteiger partial charge in [-0.1, -0.05) is 32.9 Å². The van der Waals surface area contributed by atoms with Crippen LogP contribution in [0.4, 0.5) is 0 Å². The maximum atomic E-state index is 5.79. The minimum Gasteiger partial charge on any atom is -0.389 e. The van der Waals surface area contributed by atoms with Gasteiger partial charge in [-0.25, -0.2) is 0 Å². The summed E-state index contributed by atoms with van der Waals surface area (Å²) >= 11 is 0. The lowest BCUT2D eigenvalue weighted by Gasteiger charge is -2.37. The van der Waals surface area contributed by atoms with Crippen LogP contribution in [0.2, 0.25) is 0 Å². The predicted octanol–water partition coefficient (Wildman–Crippen LogP) is 3.30. The van der Waals surface area contributed by atoms with Crippen LogP contribution in [0.15, 0.2) is 5.16 Å². The first-order valence-electron chi connectivity index (χ1n) is 7.48. The van der Waals surface area contributed by atoms with Gasteiger partial charge >= 0.3 is 0 Å². The molecule has 2 heterocycles. The molecule has 2 rings (SSSR count). The zero-order chi connectivity index (χ0) is 13.2. The molecular formula is C15H28N2O. The summed E-state index contributed by atoms with van der Waals surface area (Å²) in [4.78, 5) is 8.38. The lowest BCUT2D eigenvalue weighted by Crippen LogP contribution is -2.45. The van der Waals surface area contributed by atoms with Gasteiger partial charge in [0, 0.05) is 32.4 Å². The Hall–Kier alpha value is -0.570. The molecule has 0 aromatic carbocycles. The Balaban J connectivity index is 1.77. The van der Waals surface area contributed by atoms with Crippen molar-refractivity contribution in [2.75, 3.05) is 19.6 Å². The molecule has 0 atom stereocenters. The summed E-state index contributed by atoms with van der Waals surface area (Å²) in [6.07, 6.45) is 4.65. The molecule has 0 N–H and O–H groups in total. The van der Waals surface area contributed by atoms with Gasteiger partial charge in [0.25, 0.3) is 0 Å². The number of oxime groups is 1. The summed E-state index contributed by atoms with van der Waals surface area (Å²) in [6.45, 7) is 12.6. The zero-order valence-electron chi connectivity index (χ0n) is 12.4.